The maximum absolute atomic E-state index is 12.7. The van der Waals surface area contributed by atoms with Crippen LogP contribution in [0.25, 0.3) is 0 Å². The topological polar surface area (TPSA) is 76.5 Å². The van der Waals surface area contributed by atoms with E-state index in [1.807, 2.05) is 0 Å². The zero-order valence-corrected chi connectivity index (χ0v) is 15.8. The molecule has 29 heavy (non-hydrogen) atoms. The molecule has 0 aliphatic carbocycles. The highest BCUT2D eigenvalue weighted by Gasteiger charge is 2.31. The van der Waals surface area contributed by atoms with E-state index in [9.17, 15) is 22.8 Å². The number of hydrogen-bond acceptors (Lipinski definition) is 4. The molecule has 0 saturated heterocycles. The number of nitrogens with zero attached hydrogens (tertiary/aromatic N) is 3. The third kappa shape index (κ3) is 4.94. The molecule has 2 amide bonds. The Morgan fingerprint density at radius 1 is 1.24 bits per heavy atom. The maximum atomic E-state index is 12.7. The van der Waals surface area contributed by atoms with Gasteiger partial charge in [-0.25, -0.2) is 0 Å². The minimum atomic E-state index is -4.40. The van der Waals surface area contributed by atoms with E-state index in [-0.39, 0.29) is 29.7 Å². The average molecular weight is 410 g/mol. The second-order valence-corrected chi connectivity index (χ2v) is 6.66. The number of nitrogens with one attached hydrogen (secondary N) is 1. The first kappa shape index (κ1) is 20.8. The summed E-state index contributed by atoms with van der Waals surface area (Å²) >= 11 is 0. The molecule has 0 atom stereocenters. The number of halogens is 3. The normalized spacial score (nSPS) is 14.1. The van der Waals surface area contributed by atoms with Crippen molar-refractivity contribution >= 4 is 11.8 Å². The molecular weight excluding hydrogens is 389 g/mol. The Morgan fingerprint density at radius 2 is 1.97 bits per heavy atom. The molecule has 0 spiro atoms. The number of rotatable bonds is 7. The van der Waals surface area contributed by atoms with Gasteiger partial charge in [-0.2, -0.15) is 18.3 Å². The summed E-state index contributed by atoms with van der Waals surface area (Å²) < 4.78 is 44.4. The third-order valence-corrected chi connectivity index (χ3v) is 4.57. The van der Waals surface area contributed by atoms with Crippen molar-refractivity contribution in [3.63, 3.8) is 0 Å². The van der Waals surface area contributed by atoms with Crippen LogP contribution >= 0.6 is 0 Å². The lowest BCUT2D eigenvalue weighted by molar-refractivity contribution is -0.137. The fourth-order valence-corrected chi connectivity index (χ4v) is 3.03. The molecule has 0 radical (unpaired) electrons. The number of amides is 2. The fourth-order valence-electron chi connectivity index (χ4n) is 3.03. The number of hydrogen-bond donors (Lipinski definition) is 1. The van der Waals surface area contributed by atoms with Crippen molar-refractivity contribution in [3.8, 4) is 0 Å². The summed E-state index contributed by atoms with van der Waals surface area (Å²) in [4.78, 5) is 26.4. The molecule has 1 N–H and O–H groups in total. The van der Waals surface area contributed by atoms with Gasteiger partial charge in [-0.05, 0) is 24.1 Å². The number of aromatic nitrogens is 2. The minimum Gasteiger partial charge on any atom is -0.385 e. The van der Waals surface area contributed by atoms with Crippen LogP contribution in [0.15, 0.2) is 30.3 Å². The SMILES string of the molecule is COCCCNC(=O)c1cc2n(n1)CCN(Cc1ccc(C(F)(F)F)cc1)C2=O. The van der Waals surface area contributed by atoms with Gasteiger partial charge in [-0.15, -0.1) is 0 Å². The molecule has 0 fully saturated rings. The van der Waals surface area contributed by atoms with Crippen molar-refractivity contribution in [3.05, 3.63) is 52.8 Å². The Labute approximate surface area is 165 Å². The van der Waals surface area contributed by atoms with Crippen LogP contribution in [-0.2, 0) is 24.0 Å². The molecule has 0 unspecified atom stereocenters. The molecule has 2 aromatic rings. The van der Waals surface area contributed by atoms with Crippen molar-refractivity contribution < 1.29 is 27.5 Å². The number of benzene rings is 1. The Balaban J connectivity index is 1.64. The number of fused-ring (bicyclic) bond motifs is 1. The molecule has 1 aromatic heterocycles. The summed E-state index contributed by atoms with van der Waals surface area (Å²) in [6, 6.07) is 6.16. The van der Waals surface area contributed by atoms with Crippen molar-refractivity contribution in [2.75, 3.05) is 26.8 Å². The summed E-state index contributed by atoms with van der Waals surface area (Å²) in [5.41, 5.74) is 0.299. The average Bonchev–Trinajstić information content (AvgIpc) is 3.12. The summed E-state index contributed by atoms with van der Waals surface area (Å²) in [7, 11) is 1.58. The predicted octanol–water partition coefficient (Wildman–Crippen LogP) is 2.32. The molecule has 10 heteroatoms. The van der Waals surface area contributed by atoms with Crippen molar-refractivity contribution in [2.45, 2.75) is 25.7 Å². The third-order valence-electron chi connectivity index (χ3n) is 4.57. The van der Waals surface area contributed by atoms with Crippen LogP contribution < -0.4 is 5.32 Å². The fraction of sp³-hybridized carbons (Fsp3) is 0.421. The quantitative estimate of drug-likeness (QED) is 0.711. The smallest absolute Gasteiger partial charge is 0.385 e. The summed E-state index contributed by atoms with van der Waals surface area (Å²) in [5, 5.41) is 6.90. The monoisotopic (exact) mass is 410 g/mol. The number of ether oxygens (including phenoxy) is 1. The van der Waals surface area contributed by atoms with Gasteiger partial charge in [0.25, 0.3) is 11.8 Å². The molecule has 0 saturated carbocycles. The molecule has 0 bridgehead atoms. The second kappa shape index (κ2) is 8.64. The van der Waals surface area contributed by atoms with Gasteiger partial charge in [0.15, 0.2) is 5.69 Å². The Bertz CT molecular complexity index is 878. The molecule has 1 aliphatic heterocycles. The lowest BCUT2D eigenvalue weighted by Crippen LogP contribution is -2.39. The number of methoxy groups -OCH3 is 1. The Hall–Kier alpha value is -2.88. The van der Waals surface area contributed by atoms with Gasteiger partial charge in [-0.1, -0.05) is 12.1 Å². The van der Waals surface area contributed by atoms with E-state index in [4.69, 9.17) is 4.74 Å². The van der Waals surface area contributed by atoms with Gasteiger partial charge >= 0.3 is 6.18 Å². The summed E-state index contributed by atoms with van der Waals surface area (Å²) in [5.74, 6) is -0.688. The summed E-state index contributed by atoms with van der Waals surface area (Å²) in [6.45, 7) is 1.89. The van der Waals surface area contributed by atoms with Crippen LogP contribution in [0.3, 0.4) is 0 Å². The zero-order chi connectivity index (χ0) is 21.0. The first-order chi connectivity index (χ1) is 13.8. The van der Waals surface area contributed by atoms with Crippen molar-refractivity contribution in [1.29, 1.82) is 0 Å². The lowest BCUT2D eigenvalue weighted by atomic mass is 10.1. The van der Waals surface area contributed by atoms with Crippen LogP contribution in [0.4, 0.5) is 13.2 Å². The van der Waals surface area contributed by atoms with Crippen molar-refractivity contribution in [1.82, 2.24) is 20.0 Å². The molecule has 7 nitrogen and oxygen atoms in total. The molecule has 3 rings (SSSR count). The number of carbonyl (C=O) groups excluding carboxylic acids is 2. The largest absolute Gasteiger partial charge is 0.416 e. The molecule has 2 heterocycles. The molecule has 1 aromatic carbocycles. The van der Waals surface area contributed by atoms with E-state index < -0.39 is 11.7 Å². The van der Waals surface area contributed by atoms with Gasteiger partial charge in [-0.3, -0.25) is 14.3 Å². The van der Waals surface area contributed by atoms with E-state index in [1.165, 1.54) is 27.8 Å². The highest BCUT2D eigenvalue weighted by atomic mass is 19.4. The molecule has 156 valence electrons. The molecular formula is C19H21F3N4O3. The van der Waals surface area contributed by atoms with Gasteiger partial charge in [0, 0.05) is 39.4 Å². The first-order valence-electron chi connectivity index (χ1n) is 9.10. The van der Waals surface area contributed by atoms with E-state index >= 15 is 0 Å². The number of carbonyl (C=O) groups is 2. The molecule has 1 aliphatic rings. The van der Waals surface area contributed by atoms with Crippen molar-refractivity contribution in [2.24, 2.45) is 0 Å². The van der Waals surface area contributed by atoms with Crippen LogP contribution in [0.5, 0.6) is 0 Å². The minimum absolute atomic E-state index is 0.155. The standard InChI is InChI=1S/C19H21F3N4O3/c1-29-10-2-7-23-17(27)15-11-16-18(28)25(8-9-26(16)24-15)12-13-3-5-14(6-4-13)19(20,21)22/h3-6,11H,2,7-10,12H2,1H3,(H,23,27). The van der Waals surface area contributed by atoms with E-state index in [1.54, 1.807) is 7.11 Å². The Kier molecular flexibility index (Phi) is 6.21. The van der Waals surface area contributed by atoms with Crippen LogP contribution in [0, 0.1) is 0 Å². The van der Waals surface area contributed by atoms with Crippen LogP contribution in [-0.4, -0.2) is 53.3 Å². The van der Waals surface area contributed by atoms with E-state index in [2.05, 4.69) is 10.4 Å². The van der Waals surface area contributed by atoms with E-state index in [0.717, 1.165) is 12.1 Å². The highest BCUT2D eigenvalue weighted by molar-refractivity contribution is 5.98. The van der Waals surface area contributed by atoms with Crippen LogP contribution in [0.2, 0.25) is 0 Å². The predicted molar refractivity (Wildman–Crippen MR) is 97.2 cm³/mol. The first-order valence-corrected chi connectivity index (χ1v) is 9.10. The Morgan fingerprint density at radius 3 is 2.62 bits per heavy atom. The van der Waals surface area contributed by atoms with Gasteiger partial charge in [0.05, 0.1) is 12.1 Å². The second-order valence-electron chi connectivity index (χ2n) is 6.66. The maximum Gasteiger partial charge on any atom is 0.416 e. The van der Waals surface area contributed by atoms with E-state index in [0.29, 0.717) is 38.2 Å². The number of alkyl halides is 3. The van der Waals surface area contributed by atoms with Crippen LogP contribution in [0.1, 0.15) is 38.5 Å². The lowest BCUT2D eigenvalue weighted by Gasteiger charge is -2.27. The van der Waals surface area contributed by atoms with Gasteiger partial charge in [0.1, 0.15) is 5.69 Å². The van der Waals surface area contributed by atoms with Gasteiger partial charge in [0.2, 0.25) is 0 Å². The zero-order valence-electron chi connectivity index (χ0n) is 15.8. The highest BCUT2D eigenvalue weighted by Crippen LogP contribution is 2.29. The van der Waals surface area contributed by atoms with Gasteiger partial charge < -0.3 is 15.0 Å². The summed E-state index contributed by atoms with van der Waals surface area (Å²) in [6.07, 6.45) is -3.73.